The molecule has 0 radical (unpaired) electrons. The minimum Gasteiger partial charge on any atom is -0.400 e. The van der Waals surface area contributed by atoms with Crippen LogP contribution in [0, 0.1) is 0 Å². The van der Waals surface area contributed by atoms with Gasteiger partial charge in [0, 0.05) is 34.3 Å². The van der Waals surface area contributed by atoms with Crippen LogP contribution < -0.4 is 0 Å². The van der Waals surface area contributed by atoms with Crippen LogP contribution in [0.25, 0.3) is 0 Å². The van der Waals surface area contributed by atoms with E-state index >= 15 is 0 Å². The summed E-state index contributed by atoms with van der Waals surface area (Å²) in [5, 5.41) is 7.00. The molecule has 1 aliphatic rings. The van der Waals surface area contributed by atoms with E-state index in [0.29, 0.717) is 0 Å². The first-order valence-electron chi connectivity index (χ1n) is 3.13. The lowest BCUT2D eigenvalue weighted by Crippen LogP contribution is -2.25. The van der Waals surface area contributed by atoms with Crippen molar-refractivity contribution in [2.75, 3.05) is 34.3 Å². The van der Waals surface area contributed by atoms with Crippen molar-refractivity contribution in [1.29, 1.82) is 0 Å². The van der Waals surface area contributed by atoms with Crippen molar-refractivity contribution in [3.05, 3.63) is 0 Å². The molecule has 2 amide bonds. The molecular weight excluding hydrogens is 132 g/mol. The molecule has 0 spiro atoms. The summed E-state index contributed by atoms with van der Waals surface area (Å²) in [6.45, 7) is 1.74. The van der Waals surface area contributed by atoms with Crippen molar-refractivity contribution < 1.29 is 9.90 Å². The largest absolute Gasteiger partial charge is 0.400 e. The molecule has 0 bridgehead atoms. The van der Waals surface area contributed by atoms with Crippen LogP contribution in [0.3, 0.4) is 0 Å². The number of amides is 2. The quantitative estimate of drug-likeness (QED) is 0.505. The normalized spacial score (nSPS) is 17.0. The van der Waals surface area contributed by atoms with E-state index in [-0.39, 0.29) is 6.03 Å². The summed E-state index contributed by atoms with van der Waals surface area (Å²) in [7, 11) is 4.62. The molecule has 10 heavy (non-hydrogen) atoms. The van der Waals surface area contributed by atoms with Gasteiger partial charge in [-0.3, -0.25) is 0 Å². The number of carbonyl (C=O) groups excluding carboxylic acids is 1. The van der Waals surface area contributed by atoms with Gasteiger partial charge in [-0.2, -0.15) is 0 Å². The molecule has 1 heterocycles. The van der Waals surface area contributed by atoms with Crippen LogP contribution in [-0.4, -0.2) is 55.2 Å². The van der Waals surface area contributed by atoms with Crippen LogP contribution in [0.4, 0.5) is 4.79 Å². The minimum absolute atomic E-state index is 0.130. The summed E-state index contributed by atoms with van der Waals surface area (Å²) in [5.41, 5.74) is 0. The fraction of sp³-hybridized carbons (Fsp3) is 0.833. The standard InChI is InChI=1S/C5H10N2O.CH4O/c1-6-3-4-7(2)5(6)8;1-2/h3-4H2,1-2H3;2H,1H3. The van der Waals surface area contributed by atoms with Gasteiger partial charge in [0.2, 0.25) is 0 Å². The molecular formula is C6H14N2O2. The zero-order valence-corrected chi connectivity index (χ0v) is 6.66. The van der Waals surface area contributed by atoms with Crippen LogP contribution in [0.5, 0.6) is 0 Å². The Labute approximate surface area is 61.0 Å². The number of aliphatic hydroxyl groups is 1. The highest BCUT2D eigenvalue weighted by atomic mass is 16.2. The first-order valence-corrected chi connectivity index (χ1v) is 3.13. The van der Waals surface area contributed by atoms with E-state index in [1.54, 1.807) is 9.80 Å². The third kappa shape index (κ3) is 1.88. The highest BCUT2D eigenvalue weighted by Gasteiger charge is 2.20. The van der Waals surface area contributed by atoms with Crippen molar-refractivity contribution in [2.45, 2.75) is 0 Å². The van der Waals surface area contributed by atoms with Crippen LogP contribution in [-0.2, 0) is 0 Å². The molecule has 1 N–H and O–H groups in total. The Hall–Kier alpha value is -0.770. The average Bonchev–Trinajstić information content (AvgIpc) is 2.25. The van der Waals surface area contributed by atoms with E-state index in [9.17, 15) is 4.79 Å². The second-order valence-corrected chi connectivity index (χ2v) is 2.13. The lowest BCUT2D eigenvalue weighted by Gasteiger charge is -2.07. The fourth-order valence-corrected chi connectivity index (χ4v) is 0.783. The number of carbonyl (C=O) groups is 1. The van der Waals surface area contributed by atoms with E-state index < -0.39 is 0 Å². The summed E-state index contributed by atoms with van der Waals surface area (Å²) < 4.78 is 0. The molecule has 0 aliphatic carbocycles. The Balaban J connectivity index is 0.000000371. The van der Waals surface area contributed by atoms with Gasteiger partial charge in [-0.15, -0.1) is 0 Å². The Morgan fingerprint density at radius 1 is 1.20 bits per heavy atom. The third-order valence-electron chi connectivity index (χ3n) is 1.42. The lowest BCUT2D eigenvalue weighted by atomic mass is 10.6. The molecule has 1 saturated heterocycles. The third-order valence-corrected chi connectivity index (χ3v) is 1.42. The van der Waals surface area contributed by atoms with Gasteiger partial charge < -0.3 is 14.9 Å². The Kier molecular flexibility index (Phi) is 3.79. The number of aliphatic hydroxyl groups excluding tert-OH is 1. The molecule has 0 saturated carbocycles. The zero-order chi connectivity index (χ0) is 8.15. The summed E-state index contributed by atoms with van der Waals surface area (Å²) >= 11 is 0. The number of hydrogen-bond acceptors (Lipinski definition) is 2. The average molecular weight is 146 g/mol. The summed E-state index contributed by atoms with van der Waals surface area (Å²) in [6.07, 6.45) is 0. The molecule has 0 atom stereocenters. The van der Waals surface area contributed by atoms with E-state index in [1.165, 1.54) is 0 Å². The first kappa shape index (κ1) is 9.23. The van der Waals surface area contributed by atoms with Crippen molar-refractivity contribution >= 4 is 6.03 Å². The molecule has 60 valence electrons. The van der Waals surface area contributed by atoms with Gasteiger partial charge in [-0.05, 0) is 0 Å². The second kappa shape index (κ2) is 4.11. The van der Waals surface area contributed by atoms with Crippen LogP contribution in [0.1, 0.15) is 0 Å². The molecule has 1 fully saturated rings. The van der Waals surface area contributed by atoms with Crippen molar-refractivity contribution in [3.63, 3.8) is 0 Å². The number of likely N-dealkylation sites (N-methyl/N-ethyl adjacent to an activating group) is 2. The molecule has 0 aromatic carbocycles. The van der Waals surface area contributed by atoms with Gasteiger partial charge >= 0.3 is 6.03 Å². The molecule has 4 nitrogen and oxygen atoms in total. The monoisotopic (exact) mass is 146 g/mol. The Morgan fingerprint density at radius 3 is 1.60 bits per heavy atom. The molecule has 1 aliphatic heterocycles. The number of rotatable bonds is 0. The van der Waals surface area contributed by atoms with Gasteiger partial charge in [0.25, 0.3) is 0 Å². The molecule has 4 heteroatoms. The maximum Gasteiger partial charge on any atom is 0.319 e. The highest BCUT2D eigenvalue weighted by molar-refractivity contribution is 5.75. The van der Waals surface area contributed by atoms with Gasteiger partial charge in [-0.1, -0.05) is 0 Å². The summed E-state index contributed by atoms with van der Waals surface area (Å²) in [5.74, 6) is 0. The lowest BCUT2D eigenvalue weighted by molar-refractivity contribution is 0.205. The van der Waals surface area contributed by atoms with Crippen LogP contribution >= 0.6 is 0 Å². The highest BCUT2D eigenvalue weighted by Crippen LogP contribution is 2.00. The molecule has 0 aromatic heterocycles. The predicted molar refractivity (Wildman–Crippen MR) is 38.8 cm³/mol. The second-order valence-electron chi connectivity index (χ2n) is 2.13. The van der Waals surface area contributed by atoms with E-state index in [4.69, 9.17) is 5.11 Å². The van der Waals surface area contributed by atoms with Gasteiger partial charge in [0.15, 0.2) is 0 Å². The molecule has 1 rings (SSSR count). The van der Waals surface area contributed by atoms with Gasteiger partial charge in [0.1, 0.15) is 0 Å². The topological polar surface area (TPSA) is 43.8 Å². The fourth-order valence-electron chi connectivity index (χ4n) is 0.783. The van der Waals surface area contributed by atoms with Crippen molar-refractivity contribution in [3.8, 4) is 0 Å². The summed E-state index contributed by atoms with van der Waals surface area (Å²) in [6, 6.07) is 0.130. The first-order chi connectivity index (χ1) is 4.72. The summed E-state index contributed by atoms with van der Waals surface area (Å²) in [4.78, 5) is 14.2. The SMILES string of the molecule is CN1CCN(C)C1=O.CO. The number of nitrogens with zero attached hydrogens (tertiary/aromatic N) is 2. The van der Waals surface area contributed by atoms with Crippen molar-refractivity contribution in [2.24, 2.45) is 0 Å². The smallest absolute Gasteiger partial charge is 0.319 e. The van der Waals surface area contributed by atoms with Gasteiger partial charge in [-0.25, -0.2) is 4.79 Å². The maximum absolute atomic E-state index is 10.8. The van der Waals surface area contributed by atoms with Crippen LogP contribution in [0.2, 0.25) is 0 Å². The van der Waals surface area contributed by atoms with Crippen LogP contribution in [0.15, 0.2) is 0 Å². The van der Waals surface area contributed by atoms with E-state index in [2.05, 4.69) is 0 Å². The van der Waals surface area contributed by atoms with Gasteiger partial charge in [0.05, 0.1) is 0 Å². The Bertz CT molecular complexity index is 104. The predicted octanol–water partition coefficient (Wildman–Crippen LogP) is -0.408. The molecule has 0 unspecified atom stereocenters. The number of hydrogen-bond donors (Lipinski definition) is 1. The van der Waals surface area contributed by atoms with E-state index in [1.807, 2.05) is 14.1 Å². The number of urea groups is 1. The molecule has 0 aromatic rings. The van der Waals surface area contributed by atoms with E-state index in [0.717, 1.165) is 20.2 Å². The maximum atomic E-state index is 10.8. The Morgan fingerprint density at radius 2 is 1.50 bits per heavy atom. The zero-order valence-electron chi connectivity index (χ0n) is 6.66. The van der Waals surface area contributed by atoms with Crippen molar-refractivity contribution in [1.82, 2.24) is 9.80 Å². The minimum atomic E-state index is 0.130.